The molecule has 164 valence electrons. The zero-order valence-electron chi connectivity index (χ0n) is 17.4. The number of ether oxygens (including phenoxy) is 3. The van der Waals surface area contributed by atoms with E-state index in [0.29, 0.717) is 28.8 Å². The minimum atomic E-state index is -1.07. The number of hydrogen-bond acceptors (Lipinski definition) is 7. The van der Waals surface area contributed by atoms with Crippen LogP contribution in [0.2, 0.25) is 0 Å². The second-order valence-electron chi connectivity index (χ2n) is 6.65. The van der Waals surface area contributed by atoms with Crippen molar-refractivity contribution in [3.63, 3.8) is 0 Å². The molecule has 1 heterocycles. The molecule has 1 aliphatic rings. The van der Waals surface area contributed by atoms with Gasteiger partial charge in [-0.2, -0.15) is 0 Å². The summed E-state index contributed by atoms with van der Waals surface area (Å²) < 4.78 is 16.2. The van der Waals surface area contributed by atoms with Crippen LogP contribution in [0.15, 0.2) is 41.3 Å². The molecular weight excluding hydrogens is 420 g/mol. The van der Waals surface area contributed by atoms with Gasteiger partial charge in [-0.1, -0.05) is 23.9 Å². The number of carboxylic acids is 1. The summed E-state index contributed by atoms with van der Waals surface area (Å²) in [6.07, 6.45) is 1.75. The summed E-state index contributed by atoms with van der Waals surface area (Å²) in [5, 5.41) is 15.0. The van der Waals surface area contributed by atoms with Gasteiger partial charge >= 0.3 is 5.97 Å². The van der Waals surface area contributed by atoms with Crippen molar-refractivity contribution in [1.29, 1.82) is 0 Å². The summed E-state index contributed by atoms with van der Waals surface area (Å²) >= 11 is 1.36. The first-order valence-electron chi connectivity index (χ1n) is 9.61. The van der Waals surface area contributed by atoms with Crippen molar-refractivity contribution in [2.75, 3.05) is 25.6 Å². The summed E-state index contributed by atoms with van der Waals surface area (Å²) in [5.74, 6) is 0.174. The van der Waals surface area contributed by atoms with E-state index in [1.165, 1.54) is 11.8 Å². The topological polar surface area (TPSA) is 106 Å². The Morgan fingerprint density at radius 3 is 2.68 bits per heavy atom. The molecule has 1 amide bonds. The van der Waals surface area contributed by atoms with Gasteiger partial charge in [0.25, 0.3) is 5.91 Å². The van der Waals surface area contributed by atoms with E-state index in [-0.39, 0.29) is 11.4 Å². The molecule has 9 heteroatoms. The normalized spacial score (nSPS) is 16.7. The Bertz CT molecular complexity index is 1010. The standard InChI is InChI=1S/C22H24N2O6S/c1-4-29-18-10-14(6-8-17(18)30-12-20(25)26)11-19-21(27)24-22(31-19)23-15-9-13(2)5-7-16(15)28-3/h5-11,22-23H,4,12H2,1-3H3,(H,24,27)(H,25,26)/b19-11-. The number of carbonyl (C=O) groups excluding carboxylic acids is 1. The third kappa shape index (κ3) is 5.85. The first kappa shape index (κ1) is 22.4. The Morgan fingerprint density at radius 1 is 1.19 bits per heavy atom. The molecule has 2 aromatic carbocycles. The molecular formula is C22H24N2O6S. The van der Waals surface area contributed by atoms with Gasteiger partial charge in [0.2, 0.25) is 0 Å². The SMILES string of the molecule is CCOc1cc(/C=C2\SC(Nc3cc(C)ccc3OC)NC2=O)ccc1OCC(=O)O. The van der Waals surface area contributed by atoms with Gasteiger partial charge in [0.15, 0.2) is 23.6 Å². The summed E-state index contributed by atoms with van der Waals surface area (Å²) in [5.41, 5.74) is 2.25. The second-order valence-corrected chi connectivity index (χ2v) is 7.80. The van der Waals surface area contributed by atoms with Crippen molar-refractivity contribution >= 4 is 35.4 Å². The third-order valence-electron chi connectivity index (χ3n) is 4.29. The van der Waals surface area contributed by atoms with Gasteiger partial charge < -0.3 is 30.0 Å². The number of amides is 1. The quantitative estimate of drug-likeness (QED) is 0.505. The Morgan fingerprint density at radius 2 is 1.97 bits per heavy atom. The van der Waals surface area contributed by atoms with E-state index < -0.39 is 12.6 Å². The predicted molar refractivity (Wildman–Crippen MR) is 120 cm³/mol. The van der Waals surface area contributed by atoms with Crippen LogP contribution in [0.25, 0.3) is 6.08 Å². The van der Waals surface area contributed by atoms with Crippen LogP contribution in [0.1, 0.15) is 18.1 Å². The van der Waals surface area contributed by atoms with E-state index in [0.717, 1.165) is 16.8 Å². The summed E-state index contributed by atoms with van der Waals surface area (Å²) in [6.45, 7) is 3.73. The molecule has 3 N–H and O–H groups in total. The fourth-order valence-corrected chi connectivity index (χ4v) is 3.91. The number of hydrogen-bond donors (Lipinski definition) is 3. The van der Waals surface area contributed by atoms with Gasteiger partial charge in [-0.15, -0.1) is 0 Å². The van der Waals surface area contributed by atoms with Crippen molar-refractivity contribution in [2.45, 2.75) is 19.3 Å². The smallest absolute Gasteiger partial charge is 0.341 e. The van der Waals surface area contributed by atoms with Crippen molar-refractivity contribution in [3.05, 3.63) is 52.4 Å². The van der Waals surface area contributed by atoms with Gasteiger partial charge in [-0.05, 0) is 55.3 Å². The zero-order valence-corrected chi connectivity index (χ0v) is 18.2. The number of aryl methyl sites for hydroxylation is 1. The van der Waals surface area contributed by atoms with Gasteiger partial charge in [0, 0.05) is 0 Å². The highest BCUT2D eigenvalue weighted by atomic mass is 32.2. The van der Waals surface area contributed by atoms with Crippen molar-refractivity contribution < 1.29 is 28.9 Å². The fraction of sp³-hybridized carbons (Fsp3) is 0.273. The molecule has 0 spiro atoms. The number of carboxylic acid groups (broad SMARTS) is 1. The minimum absolute atomic E-state index is 0.196. The number of benzene rings is 2. The maximum absolute atomic E-state index is 12.5. The van der Waals surface area contributed by atoms with Crippen LogP contribution in [0, 0.1) is 6.92 Å². The Kier molecular flexibility index (Phi) is 7.30. The number of methoxy groups -OCH3 is 1. The van der Waals surface area contributed by atoms with Crippen LogP contribution < -0.4 is 24.8 Å². The van der Waals surface area contributed by atoms with Crippen LogP contribution in [0.3, 0.4) is 0 Å². The van der Waals surface area contributed by atoms with Gasteiger partial charge in [0.05, 0.1) is 24.3 Å². The monoisotopic (exact) mass is 444 g/mol. The van der Waals surface area contributed by atoms with Crippen LogP contribution >= 0.6 is 11.8 Å². The summed E-state index contributed by atoms with van der Waals surface area (Å²) in [4.78, 5) is 23.8. The fourth-order valence-electron chi connectivity index (χ4n) is 2.93. The van der Waals surface area contributed by atoms with Crippen molar-refractivity contribution in [3.8, 4) is 17.2 Å². The highest BCUT2D eigenvalue weighted by molar-refractivity contribution is 8.05. The second kappa shape index (κ2) is 10.1. The Balaban J connectivity index is 1.76. The van der Waals surface area contributed by atoms with E-state index >= 15 is 0 Å². The van der Waals surface area contributed by atoms with Crippen LogP contribution in [0.4, 0.5) is 5.69 Å². The zero-order chi connectivity index (χ0) is 22.4. The van der Waals surface area contributed by atoms with Crippen LogP contribution in [-0.2, 0) is 9.59 Å². The van der Waals surface area contributed by atoms with E-state index in [2.05, 4.69) is 10.6 Å². The minimum Gasteiger partial charge on any atom is -0.495 e. The molecule has 8 nitrogen and oxygen atoms in total. The molecule has 1 aliphatic heterocycles. The first-order chi connectivity index (χ1) is 14.9. The lowest BCUT2D eigenvalue weighted by Crippen LogP contribution is -2.31. The molecule has 0 saturated carbocycles. The molecule has 0 aromatic heterocycles. The summed E-state index contributed by atoms with van der Waals surface area (Å²) in [7, 11) is 1.60. The maximum Gasteiger partial charge on any atom is 0.341 e. The molecule has 1 fully saturated rings. The molecule has 1 saturated heterocycles. The number of thioether (sulfide) groups is 1. The van der Waals surface area contributed by atoms with E-state index in [1.807, 2.05) is 32.0 Å². The lowest BCUT2D eigenvalue weighted by Gasteiger charge is -2.16. The Hall–Kier alpha value is -3.33. The van der Waals surface area contributed by atoms with Gasteiger partial charge in [0.1, 0.15) is 5.75 Å². The van der Waals surface area contributed by atoms with Crippen molar-refractivity contribution in [1.82, 2.24) is 5.32 Å². The average molecular weight is 445 g/mol. The first-order valence-corrected chi connectivity index (χ1v) is 10.5. The lowest BCUT2D eigenvalue weighted by atomic mass is 10.2. The molecule has 0 aliphatic carbocycles. The number of rotatable bonds is 9. The highest BCUT2D eigenvalue weighted by Gasteiger charge is 2.28. The number of nitrogens with one attached hydrogen (secondary N) is 2. The maximum atomic E-state index is 12.5. The lowest BCUT2D eigenvalue weighted by molar-refractivity contribution is -0.139. The molecule has 31 heavy (non-hydrogen) atoms. The van der Waals surface area contributed by atoms with Crippen molar-refractivity contribution in [2.24, 2.45) is 0 Å². The van der Waals surface area contributed by atoms with E-state index in [4.69, 9.17) is 19.3 Å². The van der Waals surface area contributed by atoms with Gasteiger partial charge in [-0.25, -0.2) is 4.79 Å². The molecule has 0 bridgehead atoms. The largest absolute Gasteiger partial charge is 0.495 e. The third-order valence-corrected chi connectivity index (χ3v) is 5.32. The van der Waals surface area contributed by atoms with E-state index in [1.54, 1.807) is 31.4 Å². The predicted octanol–water partition coefficient (Wildman–Crippen LogP) is 3.47. The van der Waals surface area contributed by atoms with Gasteiger partial charge in [-0.3, -0.25) is 4.79 Å². The molecule has 1 atom stereocenters. The van der Waals surface area contributed by atoms with E-state index in [9.17, 15) is 9.59 Å². The molecule has 2 aromatic rings. The Labute approximate surface area is 184 Å². The van der Waals surface area contributed by atoms with Crippen LogP contribution in [-0.4, -0.2) is 42.8 Å². The molecule has 1 unspecified atom stereocenters. The highest BCUT2D eigenvalue weighted by Crippen LogP contribution is 2.35. The summed E-state index contributed by atoms with van der Waals surface area (Å²) in [6, 6.07) is 10.9. The molecule has 0 radical (unpaired) electrons. The average Bonchev–Trinajstić information content (AvgIpc) is 3.06. The number of aliphatic carboxylic acids is 1. The number of carbonyl (C=O) groups is 2. The molecule has 3 rings (SSSR count). The number of anilines is 1. The van der Waals surface area contributed by atoms with Crippen LogP contribution in [0.5, 0.6) is 17.2 Å².